The number of rotatable bonds is 5. The Morgan fingerprint density at radius 3 is 2.55 bits per heavy atom. The van der Waals surface area contributed by atoms with Crippen LogP contribution in [0.4, 0.5) is 11.4 Å². The maximum Gasteiger partial charge on any atom is 0.267 e. The smallest absolute Gasteiger partial charge is 0.267 e. The van der Waals surface area contributed by atoms with Gasteiger partial charge in [-0.25, -0.2) is 0 Å². The van der Waals surface area contributed by atoms with Crippen molar-refractivity contribution in [1.82, 2.24) is 15.3 Å². The molecule has 7 nitrogen and oxygen atoms in total. The molecule has 2 aromatic carbocycles. The lowest BCUT2D eigenvalue weighted by atomic mass is 10.1. The number of H-pyrrole nitrogens is 1. The summed E-state index contributed by atoms with van der Waals surface area (Å²) in [6.45, 7) is 0.347. The zero-order valence-electron chi connectivity index (χ0n) is 15.5. The predicted octanol–water partition coefficient (Wildman–Crippen LogP) is 3.33. The van der Waals surface area contributed by atoms with Crippen LogP contribution in [0.3, 0.4) is 0 Å². The van der Waals surface area contributed by atoms with E-state index in [0.717, 1.165) is 16.5 Å². The van der Waals surface area contributed by atoms with Gasteiger partial charge in [0, 0.05) is 35.4 Å². The molecule has 0 bridgehead atoms. The van der Waals surface area contributed by atoms with E-state index in [-0.39, 0.29) is 11.8 Å². The van der Waals surface area contributed by atoms with Crippen molar-refractivity contribution in [3.8, 4) is 0 Å². The van der Waals surface area contributed by atoms with E-state index in [2.05, 4.69) is 20.6 Å². The highest BCUT2D eigenvalue weighted by molar-refractivity contribution is 6.05. The molecule has 0 saturated heterocycles. The molecule has 0 aliphatic carbocycles. The van der Waals surface area contributed by atoms with Crippen molar-refractivity contribution in [1.29, 1.82) is 0 Å². The highest BCUT2D eigenvalue weighted by Gasteiger charge is 2.10. The number of pyridine rings is 1. The maximum absolute atomic E-state index is 12.4. The fraction of sp³-hybridized carbons (Fsp3) is 0.0455. The molecule has 4 aromatic rings. The van der Waals surface area contributed by atoms with Crippen LogP contribution in [0.25, 0.3) is 10.9 Å². The van der Waals surface area contributed by atoms with Gasteiger partial charge in [0.25, 0.3) is 11.8 Å². The van der Waals surface area contributed by atoms with Crippen molar-refractivity contribution in [3.63, 3.8) is 0 Å². The Balaban J connectivity index is 1.37. The average Bonchev–Trinajstić information content (AvgIpc) is 3.18. The molecular weight excluding hydrogens is 366 g/mol. The van der Waals surface area contributed by atoms with Crippen LogP contribution >= 0.6 is 0 Å². The molecule has 2 heterocycles. The number of para-hydroxylation sites is 2. The lowest BCUT2D eigenvalue weighted by Gasteiger charge is -2.09. The first-order valence-corrected chi connectivity index (χ1v) is 9.06. The minimum Gasteiger partial charge on any atom is -0.397 e. The number of anilines is 2. The van der Waals surface area contributed by atoms with E-state index < -0.39 is 0 Å². The number of aromatic amines is 1. The fourth-order valence-corrected chi connectivity index (χ4v) is 2.95. The molecule has 0 aliphatic rings. The van der Waals surface area contributed by atoms with E-state index in [1.165, 1.54) is 0 Å². The number of fused-ring (bicyclic) bond motifs is 1. The van der Waals surface area contributed by atoms with Crippen molar-refractivity contribution in [2.75, 3.05) is 11.1 Å². The lowest BCUT2D eigenvalue weighted by molar-refractivity contribution is 0.0945. The van der Waals surface area contributed by atoms with Crippen LogP contribution in [-0.2, 0) is 6.54 Å². The van der Waals surface area contributed by atoms with E-state index in [1.54, 1.807) is 67.0 Å². The van der Waals surface area contributed by atoms with Crippen LogP contribution in [0.15, 0.2) is 73.1 Å². The topological polar surface area (TPSA) is 113 Å². The van der Waals surface area contributed by atoms with Gasteiger partial charge >= 0.3 is 0 Å². The van der Waals surface area contributed by atoms with Crippen molar-refractivity contribution < 1.29 is 9.59 Å². The molecule has 0 aliphatic heterocycles. The first-order chi connectivity index (χ1) is 14.1. The minimum atomic E-state index is -0.245. The minimum absolute atomic E-state index is 0.206. The van der Waals surface area contributed by atoms with Crippen molar-refractivity contribution >= 4 is 34.1 Å². The summed E-state index contributed by atoms with van der Waals surface area (Å²) in [6.07, 6.45) is 3.37. The normalized spacial score (nSPS) is 10.6. The Kier molecular flexibility index (Phi) is 4.94. The summed E-state index contributed by atoms with van der Waals surface area (Å²) >= 11 is 0. The number of aromatic nitrogens is 2. The number of nitrogen functional groups attached to an aromatic ring is 1. The molecule has 5 N–H and O–H groups in total. The van der Waals surface area contributed by atoms with Crippen LogP contribution in [0.1, 0.15) is 26.4 Å². The van der Waals surface area contributed by atoms with Gasteiger partial charge in [0.1, 0.15) is 5.69 Å². The number of benzene rings is 2. The van der Waals surface area contributed by atoms with Gasteiger partial charge in [0.15, 0.2) is 0 Å². The SMILES string of the molecule is Nc1ccccc1NC(=O)c1ccc(CNC(=O)c2cc3cnccc3[nH]2)cc1. The van der Waals surface area contributed by atoms with Crippen molar-refractivity contribution in [2.24, 2.45) is 0 Å². The third kappa shape index (κ3) is 4.08. The Bertz CT molecular complexity index is 1150. The van der Waals surface area contributed by atoms with Gasteiger partial charge in [0.2, 0.25) is 0 Å². The van der Waals surface area contributed by atoms with Gasteiger partial charge < -0.3 is 21.4 Å². The Morgan fingerprint density at radius 2 is 1.79 bits per heavy atom. The van der Waals surface area contributed by atoms with E-state index in [0.29, 0.717) is 29.2 Å². The molecule has 0 unspecified atom stereocenters. The second-order valence-electron chi connectivity index (χ2n) is 6.57. The zero-order chi connectivity index (χ0) is 20.2. The molecule has 0 atom stereocenters. The molecule has 0 fully saturated rings. The largest absolute Gasteiger partial charge is 0.397 e. The van der Waals surface area contributed by atoms with Gasteiger partial charge in [-0.05, 0) is 42.0 Å². The summed E-state index contributed by atoms with van der Waals surface area (Å²) in [4.78, 5) is 31.8. The second kappa shape index (κ2) is 7.85. The van der Waals surface area contributed by atoms with E-state index in [9.17, 15) is 9.59 Å². The number of nitrogens with zero attached hydrogens (tertiary/aromatic N) is 1. The average molecular weight is 385 g/mol. The summed E-state index contributed by atoms with van der Waals surface area (Å²) in [5, 5.41) is 6.53. The third-order valence-corrected chi connectivity index (χ3v) is 4.54. The predicted molar refractivity (Wildman–Crippen MR) is 113 cm³/mol. The van der Waals surface area contributed by atoms with E-state index >= 15 is 0 Å². The Hall–Kier alpha value is -4.13. The summed E-state index contributed by atoms with van der Waals surface area (Å²) in [5.74, 6) is -0.451. The monoisotopic (exact) mass is 385 g/mol. The zero-order valence-corrected chi connectivity index (χ0v) is 15.5. The summed E-state index contributed by atoms with van der Waals surface area (Å²) in [5.41, 5.74) is 9.65. The molecule has 0 radical (unpaired) electrons. The van der Waals surface area contributed by atoms with Gasteiger partial charge in [-0.2, -0.15) is 0 Å². The number of hydrogen-bond acceptors (Lipinski definition) is 4. The molecule has 4 rings (SSSR count). The Morgan fingerprint density at radius 1 is 1.00 bits per heavy atom. The van der Waals surface area contributed by atoms with Crippen molar-refractivity contribution in [3.05, 3.63) is 89.9 Å². The molecule has 2 amide bonds. The summed E-state index contributed by atoms with van der Waals surface area (Å²) in [7, 11) is 0. The molecular formula is C22H19N5O2. The first-order valence-electron chi connectivity index (χ1n) is 9.06. The number of nitrogens with two attached hydrogens (primary N) is 1. The van der Waals surface area contributed by atoms with E-state index in [4.69, 9.17) is 5.73 Å². The first kappa shape index (κ1) is 18.2. The summed E-state index contributed by atoms with van der Waals surface area (Å²) < 4.78 is 0. The standard InChI is InChI=1S/C22H19N5O2/c23-17-3-1-2-4-19(17)27-21(28)15-7-5-14(6-8-15)12-25-22(29)20-11-16-13-24-10-9-18(16)26-20/h1-11,13,26H,12,23H2,(H,25,29)(H,27,28). The van der Waals surface area contributed by atoms with Gasteiger partial charge in [0.05, 0.1) is 11.4 Å². The van der Waals surface area contributed by atoms with Crippen LogP contribution in [-0.4, -0.2) is 21.8 Å². The highest BCUT2D eigenvalue weighted by Crippen LogP contribution is 2.18. The summed E-state index contributed by atoms with van der Waals surface area (Å²) in [6, 6.07) is 17.7. The molecule has 0 spiro atoms. The van der Waals surface area contributed by atoms with Crippen LogP contribution in [0.2, 0.25) is 0 Å². The van der Waals surface area contributed by atoms with Gasteiger partial charge in [-0.3, -0.25) is 14.6 Å². The van der Waals surface area contributed by atoms with Crippen LogP contribution in [0.5, 0.6) is 0 Å². The number of nitrogens with one attached hydrogen (secondary N) is 3. The molecule has 7 heteroatoms. The maximum atomic E-state index is 12.4. The number of carbonyl (C=O) groups is 2. The number of hydrogen-bond donors (Lipinski definition) is 4. The molecule has 29 heavy (non-hydrogen) atoms. The highest BCUT2D eigenvalue weighted by atomic mass is 16.2. The fourth-order valence-electron chi connectivity index (χ4n) is 2.95. The van der Waals surface area contributed by atoms with Crippen molar-refractivity contribution in [2.45, 2.75) is 6.54 Å². The van der Waals surface area contributed by atoms with Crippen LogP contribution < -0.4 is 16.4 Å². The molecule has 0 saturated carbocycles. The van der Waals surface area contributed by atoms with Crippen LogP contribution in [0, 0.1) is 0 Å². The molecule has 144 valence electrons. The van der Waals surface area contributed by atoms with E-state index in [1.807, 2.05) is 6.07 Å². The third-order valence-electron chi connectivity index (χ3n) is 4.54. The van der Waals surface area contributed by atoms with Gasteiger partial charge in [-0.15, -0.1) is 0 Å². The molecule has 2 aromatic heterocycles. The van der Waals surface area contributed by atoms with Gasteiger partial charge in [-0.1, -0.05) is 24.3 Å². The number of amides is 2. The second-order valence-corrected chi connectivity index (χ2v) is 6.57. The number of carbonyl (C=O) groups excluding carboxylic acids is 2. The quantitative estimate of drug-likeness (QED) is 0.395. The Labute approximate surface area is 167 Å². The lowest BCUT2D eigenvalue weighted by Crippen LogP contribution is -2.23.